The molecule has 6 fully saturated rings. The first-order chi connectivity index (χ1) is 17.4. The van der Waals surface area contributed by atoms with E-state index in [0.717, 1.165) is 53.2 Å². The van der Waals surface area contributed by atoms with Crippen LogP contribution in [0.4, 0.5) is 0 Å². The first-order valence-corrected chi connectivity index (χ1v) is 12.7. The topological polar surface area (TPSA) is 115 Å². The quantitative estimate of drug-likeness (QED) is 0.408. The molecule has 3 heterocycles. The van der Waals surface area contributed by atoms with Crippen molar-refractivity contribution >= 4 is 23.4 Å². The lowest BCUT2D eigenvalue weighted by atomic mass is 8.92. The van der Waals surface area contributed by atoms with Crippen molar-refractivity contribution in [1.82, 2.24) is 25.2 Å². The Morgan fingerprint density at radius 3 is 2.61 bits per heavy atom. The fourth-order valence-corrected chi connectivity index (χ4v) is 9.73. The maximum absolute atomic E-state index is 13.3. The zero-order valence-corrected chi connectivity index (χ0v) is 19.5. The van der Waals surface area contributed by atoms with Gasteiger partial charge in [-0.2, -0.15) is 5.10 Å². The first kappa shape index (κ1) is 19.4. The third-order valence-corrected chi connectivity index (χ3v) is 10.9. The van der Waals surface area contributed by atoms with Crippen molar-refractivity contribution < 1.29 is 19.1 Å². The van der Waals surface area contributed by atoms with Gasteiger partial charge in [0, 0.05) is 30.8 Å². The monoisotopic (exact) mass is 481 g/mol. The zero-order chi connectivity index (χ0) is 24.1. The summed E-state index contributed by atoms with van der Waals surface area (Å²) in [6.45, 7) is 3.46. The van der Waals surface area contributed by atoms with Crippen LogP contribution >= 0.6 is 0 Å². The number of hydrogen-bond acceptors (Lipinski definition) is 6. The van der Waals surface area contributed by atoms with Crippen LogP contribution in [0.15, 0.2) is 36.5 Å². The van der Waals surface area contributed by atoms with E-state index in [2.05, 4.69) is 27.6 Å². The number of esters is 1. The smallest absolute Gasteiger partial charge is 0.315 e. The largest absolute Gasteiger partial charge is 0.426 e. The van der Waals surface area contributed by atoms with Gasteiger partial charge in [-0.1, -0.05) is 13.0 Å². The summed E-state index contributed by atoms with van der Waals surface area (Å²) >= 11 is 0. The molecule has 0 bridgehead atoms. The molecule has 2 aromatic heterocycles. The molecule has 0 unspecified atom stereocenters. The maximum atomic E-state index is 13.3. The molecule has 9 nitrogen and oxygen atoms in total. The molecule has 0 spiro atoms. The number of hydrogen-bond donors (Lipinski definition) is 2. The normalized spacial score (nSPS) is 38.4. The van der Waals surface area contributed by atoms with Crippen molar-refractivity contribution in [2.75, 3.05) is 6.54 Å². The van der Waals surface area contributed by atoms with Crippen LogP contribution in [0.3, 0.4) is 0 Å². The van der Waals surface area contributed by atoms with Gasteiger partial charge in [-0.25, -0.2) is 9.50 Å². The summed E-state index contributed by atoms with van der Waals surface area (Å²) in [5.41, 5.74) is 3.61. The minimum atomic E-state index is -0.380. The number of nitrogens with one attached hydrogen (secondary N) is 2. The highest BCUT2D eigenvalue weighted by Crippen LogP contribution is 3.10. The van der Waals surface area contributed by atoms with E-state index in [4.69, 9.17) is 4.74 Å². The number of carbonyl (C=O) groups excluding carboxylic acids is 3. The summed E-state index contributed by atoms with van der Waals surface area (Å²) in [7, 11) is 0. The predicted molar refractivity (Wildman–Crippen MR) is 124 cm³/mol. The van der Waals surface area contributed by atoms with Crippen molar-refractivity contribution in [2.45, 2.75) is 19.9 Å². The van der Waals surface area contributed by atoms with Crippen LogP contribution in [0.25, 0.3) is 5.65 Å². The summed E-state index contributed by atoms with van der Waals surface area (Å²) in [6, 6.07) is 8.61. The number of benzene rings is 1. The number of fused-ring (bicyclic) bond motifs is 2. The molecule has 0 atom stereocenters. The van der Waals surface area contributed by atoms with Gasteiger partial charge in [0.25, 0.3) is 11.8 Å². The molecule has 1 aromatic carbocycles. The van der Waals surface area contributed by atoms with Crippen molar-refractivity contribution in [3.8, 4) is 5.75 Å². The number of nitrogens with zero attached hydrogens (tertiary/aromatic N) is 3. The van der Waals surface area contributed by atoms with E-state index in [0.29, 0.717) is 27.9 Å². The van der Waals surface area contributed by atoms with E-state index in [1.807, 2.05) is 12.1 Å². The summed E-state index contributed by atoms with van der Waals surface area (Å²) in [4.78, 5) is 42.1. The minimum absolute atomic E-state index is 0.164. The number of ether oxygens (including phenoxy) is 1. The van der Waals surface area contributed by atoms with E-state index in [1.165, 1.54) is 10.6 Å². The Bertz CT molecular complexity index is 1540. The molecule has 9 heteroatoms. The van der Waals surface area contributed by atoms with Crippen molar-refractivity contribution in [3.05, 3.63) is 59.0 Å². The van der Waals surface area contributed by atoms with Crippen LogP contribution in [-0.2, 0) is 17.8 Å². The van der Waals surface area contributed by atoms with E-state index < -0.39 is 0 Å². The summed E-state index contributed by atoms with van der Waals surface area (Å²) in [6.07, 6.45) is 1.81. The Labute approximate surface area is 205 Å². The van der Waals surface area contributed by atoms with Gasteiger partial charge in [0.1, 0.15) is 17.1 Å². The SMILES string of the molecule is CC12C3C4C1C1C2C3C41CNC(=O)c1cc(C(=O)NCc2ccc3c(c2)CC(=O)O3)nc2ccnn12. The second-order valence-electron chi connectivity index (χ2n) is 11.7. The highest BCUT2D eigenvalue weighted by atomic mass is 16.5. The Balaban J connectivity index is 0.923. The number of carbonyl (C=O) groups is 3. The van der Waals surface area contributed by atoms with E-state index in [-0.39, 0.29) is 36.4 Å². The zero-order valence-electron chi connectivity index (χ0n) is 19.5. The number of rotatable bonds is 6. The first-order valence-electron chi connectivity index (χ1n) is 12.7. The van der Waals surface area contributed by atoms with Crippen LogP contribution in [0.5, 0.6) is 5.75 Å². The lowest BCUT2D eigenvalue weighted by Crippen LogP contribution is -3.10. The van der Waals surface area contributed by atoms with E-state index in [9.17, 15) is 14.4 Å². The fourth-order valence-electron chi connectivity index (χ4n) is 9.73. The minimum Gasteiger partial charge on any atom is -0.426 e. The Morgan fingerprint density at radius 2 is 1.83 bits per heavy atom. The molecule has 6 aliphatic carbocycles. The van der Waals surface area contributed by atoms with Gasteiger partial charge in [0.2, 0.25) is 0 Å². The molecule has 0 saturated heterocycles. The van der Waals surface area contributed by atoms with Gasteiger partial charge >= 0.3 is 5.97 Å². The van der Waals surface area contributed by atoms with Crippen LogP contribution in [-0.4, -0.2) is 38.9 Å². The molecule has 7 aliphatic rings. The average Bonchev–Trinajstić information content (AvgIpc) is 3.51. The van der Waals surface area contributed by atoms with E-state index >= 15 is 0 Å². The highest BCUT2D eigenvalue weighted by Gasteiger charge is 3.08. The molecular formula is C27H23N5O4. The number of amides is 2. The summed E-state index contributed by atoms with van der Waals surface area (Å²) in [5.74, 6) is 4.94. The molecule has 2 amide bonds. The fraction of sp³-hybridized carbons (Fsp3) is 0.444. The van der Waals surface area contributed by atoms with Gasteiger partial charge in [-0.15, -0.1) is 0 Å². The predicted octanol–water partition coefficient (Wildman–Crippen LogP) is 1.61. The molecule has 0 radical (unpaired) electrons. The molecule has 36 heavy (non-hydrogen) atoms. The van der Waals surface area contributed by atoms with Crippen LogP contribution in [0.1, 0.15) is 39.0 Å². The van der Waals surface area contributed by atoms with Crippen molar-refractivity contribution in [1.29, 1.82) is 0 Å². The second-order valence-corrected chi connectivity index (χ2v) is 11.7. The Hall–Kier alpha value is -3.75. The summed E-state index contributed by atoms with van der Waals surface area (Å²) in [5, 5.41) is 10.3. The number of aromatic nitrogens is 3. The molecular weight excluding hydrogens is 458 g/mol. The molecule has 6 saturated carbocycles. The van der Waals surface area contributed by atoms with Crippen LogP contribution in [0.2, 0.25) is 0 Å². The lowest BCUT2D eigenvalue weighted by molar-refractivity contribution is -0.651. The van der Waals surface area contributed by atoms with Gasteiger partial charge in [-0.3, -0.25) is 14.4 Å². The standard InChI is InChI=1S/C27H23N5O4/c1-26-18-21-19(26)23-20(26)22(18)27(21,23)10-29-25(35)14-8-13(31-16-4-5-30-32(14)16)24(34)28-9-11-2-3-15-12(6-11)7-17(33)36-15/h2-6,8,18-23H,7,9-10H2,1H3,(H,28,34)(H,29,35). The third-order valence-electron chi connectivity index (χ3n) is 10.9. The van der Waals surface area contributed by atoms with Crippen molar-refractivity contribution in [3.63, 3.8) is 0 Å². The summed E-state index contributed by atoms with van der Waals surface area (Å²) < 4.78 is 6.62. The molecule has 180 valence electrons. The van der Waals surface area contributed by atoms with Gasteiger partial charge < -0.3 is 15.4 Å². The molecule has 2 N–H and O–H groups in total. The Kier molecular flexibility index (Phi) is 3.13. The molecule has 3 aromatic rings. The van der Waals surface area contributed by atoms with Gasteiger partial charge in [-0.05, 0) is 64.0 Å². The van der Waals surface area contributed by atoms with Gasteiger partial charge in [0.15, 0.2) is 5.65 Å². The highest BCUT2D eigenvalue weighted by molar-refractivity contribution is 5.98. The van der Waals surface area contributed by atoms with Crippen LogP contribution in [0, 0.1) is 46.3 Å². The Morgan fingerprint density at radius 1 is 1.06 bits per heavy atom. The molecule has 10 rings (SSSR count). The third kappa shape index (κ3) is 1.85. The second kappa shape index (κ2) is 5.79. The van der Waals surface area contributed by atoms with Crippen molar-refractivity contribution in [2.24, 2.45) is 46.3 Å². The molecule has 1 aliphatic heterocycles. The van der Waals surface area contributed by atoms with E-state index in [1.54, 1.807) is 18.3 Å². The van der Waals surface area contributed by atoms with Crippen LogP contribution < -0.4 is 15.4 Å². The lowest BCUT2D eigenvalue weighted by Gasteiger charge is -3.11. The maximum Gasteiger partial charge on any atom is 0.315 e. The van der Waals surface area contributed by atoms with Gasteiger partial charge in [0.05, 0.1) is 12.6 Å². The average molecular weight is 482 g/mol.